The van der Waals surface area contributed by atoms with Gasteiger partial charge in [-0.1, -0.05) is 0 Å². The van der Waals surface area contributed by atoms with Gasteiger partial charge in [0.15, 0.2) is 11.3 Å². The molecule has 0 saturated carbocycles. The van der Waals surface area contributed by atoms with Crippen LogP contribution in [0.25, 0.3) is 27.9 Å². The van der Waals surface area contributed by atoms with Crippen LogP contribution in [0.4, 0.5) is 5.69 Å². The monoisotopic (exact) mass is 434 g/mol. The van der Waals surface area contributed by atoms with Gasteiger partial charge in [-0.3, -0.25) is 9.69 Å². The molecule has 4 aromatic rings. The molecule has 0 aromatic carbocycles. The molecule has 0 aliphatic carbocycles. The Balaban J connectivity index is 1.58. The summed E-state index contributed by atoms with van der Waals surface area (Å²) in [7, 11) is 3.43. The van der Waals surface area contributed by atoms with Crippen LogP contribution in [-0.2, 0) is 11.3 Å². The highest BCUT2D eigenvalue weighted by molar-refractivity contribution is 5.96. The number of hydrogen-bond donors (Lipinski definition) is 2. The maximum atomic E-state index is 12.3. The summed E-state index contributed by atoms with van der Waals surface area (Å²) >= 11 is 0. The highest BCUT2D eigenvalue weighted by atomic mass is 16.5. The quantitative estimate of drug-likeness (QED) is 0.474. The van der Waals surface area contributed by atoms with Gasteiger partial charge in [0.05, 0.1) is 30.8 Å². The van der Waals surface area contributed by atoms with Crippen LogP contribution in [0.15, 0.2) is 36.8 Å². The zero-order valence-electron chi connectivity index (χ0n) is 18.2. The van der Waals surface area contributed by atoms with Crippen molar-refractivity contribution in [2.75, 3.05) is 52.3 Å². The van der Waals surface area contributed by atoms with Gasteiger partial charge in [-0.15, -0.1) is 0 Å². The molecule has 1 saturated heterocycles. The van der Waals surface area contributed by atoms with Crippen LogP contribution in [-0.4, -0.2) is 81.9 Å². The number of rotatable bonds is 6. The molecule has 2 N–H and O–H groups in total. The third kappa shape index (κ3) is 3.57. The summed E-state index contributed by atoms with van der Waals surface area (Å²) in [6.07, 6.45) is 5.45. The van der Waals surface area contributed by atoms with E-state index in [0.717, 1.165) is 67.4 Å². The van der Waals surface area contributed by atoms with E-state index in [0.29, 0.717) is 11.3 Å². The number of nitrogens with zero attached hydrogens (tertiary/aromatic N) is 6. The average Bonchev–Trinajstić information content (AvgIpc) is 3.44. The van der Waals surface area contributed by atoms with Crippen molar-refractivity contribution in [1.82, 2.24) is 34.4 Å². The molecule has 4 aromatic heterocycles. The standard InChI is InChI=1S/C22H26N8O2/c1-23-18-12-17(27-30-19(22(31)24-2)13-26-21(18)30)16-14-29(20-15(16)4-3-5-25-20)7-6-28-8-10-32-11-9-28/h3-5,12-14,23H,6-11H2,1-2H3,(H,24,31). The highest BCUT2D eigenvalue weighted by Gasteiger charge is 2.19. The van der Waals surface area contributed by atoms with Gasteiger partial charge in [0.2, 0.25) is 0 Å². The summed E-state index contributed by atoms with van der Waals surface area (Å²) in [4.78, 5) is 23.8. The molecule has 1 aliphatic rings. The van der Waals surface area contributed by atoms with E-state index in [9.17, 15) is 4.79 Å². The first kappa shape index (κ1) is 20.4. The molecule has 10 heteroatoms. The van der Waals surface area contributed by atoms with Gasteiger partial charge >= 0.3 is 0 Å². The van der Waals surface area contributed by atoms with Gasteiger partial charge in [0.25, 0.3) is 5.91 Å². The van der Waals surface area contributed by atoms with Gasteiger partial charge in [-0.05, 0) is 18.2 Å². The number of carbonyl (C=O) groups is 1. The van der Waals surface area contributed by atoms with E-state index >= 15 is 0 Å². The molecular formula is C22H26N8O2. The molecule has 10 nitrogen and oxygen atoms in total. The molecule has 0 unspecified atom stereocenters. The molecule has 0 spiro atoms. The molecule has 0 atom stereocenters. The van der Waals surface area contributed by atoms with Crippen LogP contribution >= 0.6 is 0 Å². The highest BCUT2D eigenvalue weighted by Crippen LogP contribution is 2.31. The maximum absolute atomic E-state index is 12.3. The van der Waals surface area contributed by atoms with Crippen molar-refractivity contribution >= 4 is 28.3 Å². The number of carbonyl (C=O) groups excluding carboxylic acids is 1. The Morgan fingerprint density at radius 2 is 2.00 bits per heavy atom. The number of fused-ring (bicyclic) bond motifs is 2. The maximum Gasteiger partial charge on any atom is 0.271 e. The SMILES string of the molecule is CNC(=O)c1cnc2c(NC)cc(-c3cn(CCN4CCOCC4)c4ncccc34)nn12. The van der Waals surface area contributed by atoms with Gasteiger partial charge in [0.1, 0.15) is 5.65 Å². The lowest BCUT2D eigenvalue weighted by Gasteiger charge is -2.26. The Morgan fingerprint density at radius 1 is 1.16 bits per heavy atom. The predicted molar refractivity (Wildman–Crippen MR) is 122 cm³/mol. The van der Waals surface area contributed by atoms with Crippen molar-refractivity contribution in [2.45, 2.75) is 6.54 Å². The second-order valence-corrected chi connectivity index (χ2v) is 7.72. The Labute approximate surface area is 185 Å². The van der Waals surface area contributed by atoms with E-state index in [2.05, 4.69) is 42.3 Å². The molecule has 166 valence electrons. The molecule has 0 radical (unpaired) electrons. The summed E-state index contributed by atoms with van der Waals surface area (Å²) in [5, 5.41) is 11.6. The summed E-state index contributed by atoms with van der Waals surface area (Å²) in [6, 6.07) is 5.95. The first-order valence-electron chi connectivity index (χ1n) is 10.7. The minimum Gasteiger partial charge on any atom is -0.385 e. The number of aromatic nitrogens is 5. The number of anilines is 1. The summed E-state index contributed by atoms with van der Waals surface area (Å²) in [6.45, 7) is 5.22. The minimum atomic E-state index is -0.237. The topological polar surface area (TPSA) is 102 Å². The fourth-order valence-corrected chi connectivity index (χ4v) is 4.14. The predicted octanol–water partition coefficient (Wildman–Crippen LogP) is 1.48. The molecule has 5 rings (SSSR count). The van der Waals surface area contributed by atoms with Crippen LogP contribution in [0.3, 0.4) is 0 Å². The number of hydrogen-bond acceptors (Lipinski definition) is 7. The molecule has 0 bridgehead atoms. The lowest BCUT2D eigenvalue weighted by molar-refractivity contribution is 0.0365. The van der Waals surface area contributed by atoms with Crippen molar-refractivity contribution in [2.24, 2.45) is 0 Å². The number of amides is 1. The van der Waals surface area contributed by atoms with Gasteiger partial charge in [0, 0.05) is 63.6 Å². The van der Waals surface area contributed by atoms with E-state index in [1.54, 1.807) is 17.8 Å². The van der Waals surface area contributed by atoms with E-state index in [1.807, 2.05) is 25.4 Å². The molecule has 1 amide bonds. The molecule has 1 aliphatic heterocycles. The van der Waals surface area contributed by atoms with Gasteiger partial charge in [-0.2, -0.15) is 5.10 Å². The van der Waals surface area contributed by atoms with Crippen molar-refractivity contribution in [3.05, 3.63) is 42.5 Å². The summed E-state index contributed by atoms with van der Waals surface area (Å²) in [5.74, 6) is -0.237. The Bertz CT molecular complexity index is 1270. The van der Waals surface area contributed by atoms with Gasteiger partial charge < -0.3 is 19.9 Å². The van der Waals surface area contributed by atoms with Crippen LogP contribution in [0, 0.1) is 0 Å². The Morgan fingerprint density at radius 3 is 2.78 bits per heavy atom. The zero-order valence-corrected chi connectivity index (χ0v) is 18.2. The average molecular weight is 435 g/mol. The summed E-state index contributed by atoms with van der Waals surface area (Å²) < 4.78 is 9.23. The molecular weight excluding hydrogens is 408 g/mol. The number of pyridine rings is 1. The van der Waals surface area contributed by atoms with Crippen LogP contribution in [0.1, 0.15) is 10.5 Å². The van der Waals surface area contributed by atoms with Gasteiger partial charge in [-0.25, -0.2) is 14.5 Å². The second kappa shape index (κ2) is 8.56. The van der Waals surface area contributed by atoms with Crippen molar-refractivity contribution in [3.63, 3.8) is 0 Å². The van der Waals surface area contributed by atoms with Crippen molar-refractivity contribution in [3.8, 4) is 11.3 Å². The van der Waals surface area contributed by atoms with Crippen LogP contribution in [0.2, 0.25) is 0 Å². The third-order valence-electron chi connectivity index (χ3n) is 5.87. The van der Waals surface area contributed by atoms with Crippen molar-refractivity contribution in [1.29, 1.82) is 0 Å². The normalized spacial score (nSPS) is 14.8. The molecule has 32 heavy (non-hydrogen) atoms. The first-order chi connectivity index (χ1) is 15.7. The minimum absolute atomic E-state index is 0.237. The van der Waals surface area contributed by atoms with E-state index in [1.165, 1.54) is 0 Å². The Kier molecular flexibility index (Phi) is 5.46. The lowest BCUT2D eigenvalue weighted by Crippen LogP contribution is -2.38. The number of imidazole rings is 1. The zero-order chi connectivity index (χ0) is 22.1. The first-order valence-corrected chi connectivity index (χ1v) is 10.7. The van der Waals surface area contributed by atoms with E-state index in [-0.39, 0.29) is 5.91 Å². The Hall–Kier alpha value is -3.50. The number of nitrogens with one attached hydrogen (secondary N) is 2. The van der Waals surface area contributed by atoms with E-state index in [4.69, 9.17) is 9.84 Å². The smallest absolute Gasteiger partial charge is 0.271 e. The third-order valence-corrected chi connectivity index (χ3v) is 5.87. The van der Waals surface area contributed by atoms with E-state index < -0.39 is 0 Å². The number of morpholine rings is 1. The van der Waals surface area contributed by atoms with Crippen molar-refractivity contribution < 1.29 is 9.53 Å². The van der Waals surface area contributed by atoms with Crippen LogP contribution in [0.5, 0.6) is 0 Å². The fourth-order valence-electron chi connectivity index (χ4n) is 4.14. The lowest BCUT2D eigenvalue weighted by atomic mass is 10.1. The summed E-state index contributed by atoms with van der Waals surface area (Å²) in [5.41, 5.74) is 4.40. The number of ether oxygens (including phenoxy) is 1. The fraction of sp³-hybridized carbons (Fsp3) is 0.364. The van der Waals surface area contributed by atoms with Crippen LogP contribution < -0.4 is 10.6 Å². The molecule has 5 heterocycles. The second-order valence-electron chi connectivity index (χ2n) is 7.72. The largest absolute Gasteiger partial charge is 0.385 e. The molecule has 1 fully saturated rings.